The number of nitrogens with zero attached hydrogens (tertiary/aromatic N) is 6. The van der Waals surface area contributed by atoms with Gasteiger partial charge in [-0.1, -0.05) is 0 Å². The monoisotopic (exact) mass is 546 g/mol. The zero-order valence-corrected chi connectivity index (χ0v) is 21.9. The van der Waals surface area contributed by atoms with Gasteiger partial charge in [0.1, 0.15) is 23.5 Å². The van der Waals surface area contributed by atoms with Crippen molar-refractivity contribution < 1.29 is 34.1 Å². The van der Waals surface area contributed by atoms with Crippen molar-refractivity contribution in [2.45, 2.75) is 63.3 Å². The molecule has 3 saturated heterocycles. The zero-order valence-electron chi connectivity index (χ0n) is 21.9. The highest BCUT2D eigenvalue weighted by atomic mass is 16.6. The molecule has 3 unspecified atom stereocenters. The van der Waals surface area contributed by atoms with Gasteiger partial charge < -0.3 is 40.5 Å². The van der Waals surface area contributed by atoms with Crippen molar-refractivity contribution in [1.29, 1.82) is 0 Å². The van der Waals surface area contributed by atoms with E-state index in [0.29, 0.717) is 68.9 Å². The van der Waals surface area contributed by atoms with Crippen LogP contribution in [0.1, 0.15) is 38.2 Å². The molecule has 0 saturated carbocycles. The SMILES string of the molecule is CCNC(=O)[C@H]1O[C@@H](n2cnc3c(N)nc(CC4CCN(C(=O)OC5CCN(C)C5=O)CC4)nc32)C(O)C1O. The van der Waals surface area contributed by atoms with Crippen LogP contribution < -0.4 is 11.1 Å². The number of nitrogens with one attached hydrogen (secondary N) is 1. The molecule has 39 heavy (non-hydrogen) atoms. The van der Waals surface area contributed by atoms with Gasteiger partial charge in [0.15, 0.2) is 29.9 Å². The van der Waals surface area contributed by atoms with Crippen LogP contribution in [0.3, 0.4) is 0 Å². The molecular formula is C24H34N8O7. The fourth-order valence-electron chi connectivity index (χ4n) is 5.32. The first-order chi connectivity index (χ1) is 18.7. The fraction of sp³-hybridized carbons (Fsp3) is 0.667. The van der Waals surface area contributed by atoms with E-state index in [1.54, 1.807) is 23.8 Å². The molecule has 0 aliphatic carbocycles. The second kappa shape index (κ2) is 10.9. The first kappa shape index (κ1) is 27.0. The molecule has 0 spiro atoms. The van der Waals surface area contributed by atoms with Crippen molar-refractivity contribution in [1.82, 2.24) is 34.6 Å². The number of aliphatic hydroxyl groups excluding tert-OH is 2. The van der Waals surface area contributed by atoms with E-state index in [1.165, 1.54) is 10.9 Å². The predicted molar refractivity (Wildman–Crippen MR) is 135 cm³/mol. The molecule has 3 aliphatic heterocycles. The van der Waals surface area contributed by atoms with Crippen molar-refractivity contribution in [2.75, 3.05) is 39.0 Å². The molecule has 0 bridgehead atoms. The van der Waals surface area contributed by atoms with Gasteiger partial charge in [0, 0.05) is 46.1 Å². The molecule has 3 fully saturated rings. The van der Waals surface area contributed by atoms with Crippen LogP contribution in [-0.2, 0) is 25.5 Å². The van der Waals surface area contributed by atoms with Gasteiger partial charge in [0.25, 0.3) is 11.8 Å². The summed E-state index contributed by atoms with van der Waals surface area (Å²) in [4.78, 5) is 53.3. The number of aliphatic hydroxyl groups is 2. The molecule has 3 aliphatic rings. The predicted octanol–water partition coefficient (Wildman–Crippen LogP) is -1.21. The molecule has 15 nitrogen and oxygen atoms in total. The van der Waals surface area contributed by atoms with Gasteiger partial charge in [-0.25, -0.2) is 19.7 Å². The maximum Gasteiger partial charge on any atom is 0.410 e. The minimum Gasteiger partial charge on any atom is -0.436 e. The van der Waals surface area contributed by atoms with Gasteiger partial charge in [-0.15, -0.1) is 0 Å². The molecular weight excluding hydrogens is 512 g/mol. The summed E-state index contributed by atoms with van der Waals surface area (Å²) in [6.45, 7) is 3.64. The fourth-order valence-corrected chi connectivity index (χ4v) is 5.32. The number of amides is 3. The Kier molecular flexibility index (Phi) is 7.55. The molecule has 2 aromatic heterocycles. The molecule has 5 heterocycles. The lowest BCUT2D eigenvalue weighted by Crippen LogP contribution is -2.42. The number of nitrogens with two attached hydrogens (primary N) is 1. The number of nitrogen functional groups attached to an aromatic ring is 1. The van der Waals surface area contributed by atoms with Gasteiger partial charge >= 0.3 is 6.09 Å². The molecule has 3 amide bonds. The number of fused-ring (bicyclic) bond motifs is 1. The van der Waals surface area contributed by atoms with Crippen LogP contribution in [0.2, 0.25) is 0 Å². The lowest BCUT2D eigenvalue weighted by molar-refractivity contribution is -0.137. The summed E-state index contributed by atoms with van der Waals surface area (Å²) in [6, 6.07) is 0. The summed E-state index contributed by atoms with van der Waals surface area (Å²) in [7, 11) is 1.69. The van der Waals surface area contributed by atoms with Gasteiger partial charge in [-0.05, 0) is 25.7 Å². The standard InChI is InChI=1S/C24H34N8O7/c1-3-26-21(35)18-16(33)17(34)23(39-18)32-11-27-15-19(25)28-14(29-20(15)32)10-12-4-8-31(9-5-12)24(37)38-13-6-7-30(2)22(13)36/h11-13,16-18,23,33-34H,3-10H2,1-2H3,(H,26,35)(H2,25,28,29)/t13?,16?,17?,18-,23+/m0/s1. The number of imidazole rings is 1. The molecule has 5 N–H and O–H groups in total. The van der Waals surface area contributed by atoms with Crippen molar-refractivity contribution in [3.63, 3.8) is 0 Å². The summed E-state index contributed by atoms with van der Waals surface area (Å²) in [5, 5.41) is 23.6. The Morgan fingerprint density at radius 2 is 1.92 bits per heavy atom. The maximum absolute atomic E-state index is 12.6. The normalized spacial score (nSPS) is 27.9. The third-order valence-corrected chi connectivity index (χ3v) is 7.58. The minimum atomic E-state index is -1.43. The van der Waals surface area contributed by atoms with Crippen LogP contribution in [0.15, 0.2) is 6.33 Å². The highest BCUT2D eigenvalue weighted by molar-refractivity contribution is 5.85. The van der Waals surface area contributed by atoms with Crippen LogP contribution >= 0.6 is 0 Å². The van der Waals surface area contributed by atoms with Crippen LogP contribution in [0, 0.1) is 5.92 Å². The lowest BCUT2D eigenvalue weighted by atomic mass is 9.93. The highest BCUT2D eigenvalue weighted by Crippen LogP contribution is 2.33. The first-order valence-corrected chi connectivity index (χ1v) is 13.2. The van der Waals surface area contributed by atoms with E-state index >= 15 is 0 Å². The van der Waals surface area contributed by atoms with Crippen LogP contribution in [0.25, 0.3) is 11.2 Å². The Bertz CT molecular complexity index is 1250. The van der Waals surface area contributed by atoms with Crippen molar-refractivity contribution in [3.05, 3.63) is 12.2 Å². The first-order valence-electron chi connectivity index (χ1n) is 13.2. The Morgan fingerprint density at radius 3 is 2.59 bits per heavy atom. The molecule has 5 atom stereocenters. The van der Waals surface area contributed by atoms with E-state index in [2.05, 4.69) is 20.3 Å². The number of ether oxygens (including phenoxy) is 2. The van der Waals surface area contributed by atoms with E-state index in [4.69, 9.17) is 15.2 Å². The molecule has 2 aromatic rings. The Hall–Kier alpha value is -3.56. The minimum absolute atomic E-state index is 0.161. The number of hydrogen-bond acceptors (Lipinski definition) is 11. The lowest BCUT2D eigenvalue weighted by Gasteiger charge is -2.31. The highest BCUT2D eigenvalue weighted by Gasteiger charge is 2.47. The van der Waals surface area contributed by atoms with Gasteiger partial charge in [0.2, 0.25) is 0 Å². The molecule has 5 rings (SSSR count). The number of aromatic nitrogens is 4. The summed E-state index contributed by atoms with van der Waals surface area (Å²) >= 11 is 0. The van der Waals surface area contributed by atoms with Crippen LogP contribution in [0.4, 0.5) is 10.6 Å². The second-order valence-electron chi connectivity index (χ2n) is 10.2. The number of likely N-dealkylation sites (N-methyl/N-ethyl adjacent to an activating group) is 2. The maximum atomic E-state index is 12.6. The molecule has 212 valence electrons. The van der Waals surface area contributed by atoms with Gasteiger partial charge in [0.05, 0.1) is 6.33 Å². The largest absolute Gasteiger partial charge is 0.436 e. The summed E-state index contributed by atoms with van der Waals surface area (Å²) in [6.07, 6.45) is -2.58. The summed E-state index contributed by atoms with van der Waals surface area (Å²) < 4.78 is 12.6. The quantitative estimate of drug-likeness (QED) is 0.339. The molecule has 0 radical (unpaired) electrons. The topological polar surface area (TPSA) is 198 Å². The average molecular weight is 547 g/mol. The summed E-state index contributed by atoms with van der Waals surface area (Å²) in [5.74, 6) is 0.110. The number of hydrogen-bond donors (Lipinski definition) is 4. The van der Waals surface area contributed by atoms with Gasteiger partial charge in [-0.3, -0.25) is 14.2 Å². The summed E-state index contributed by atoms with van der Waals surface area (Å²) in [5.41, 5.74) is 6.80. The smallest absolute Gasteiger partial charge is 0.410 e. The van der Waals surface area contributed by atoms with Crippen LogP contribution in [0.5, 0.6) is 0 Å². The number of likely N-dealkylation sites (tertiary alicyclic amines) is 2. The van der Waals surface area contributed by atoms with Crippen molar-refractivity contribution in [2.24, 2.45) is 5.92 Å². The molecule has 15 heteroatoms. The van der Waals surface area contributed by atoms with Crippen molar-refractivity contribution in [3.8, 4) is 0 Å². The number of carbonyl (C=O) groups excluding carboxylic acids is 3. The Labute approximate surface area is 224 Å². The Balaban J connectivity index is 1.24. The number of piperidine rings is 1. The van der Waals surface area contributed by atoms with Crippen LogP contribution in [-0.4, -0.2) is 115 Å². The van der Waals surface area contributed by atoms with Gasteiger partial charge in [-0.2, -0.15) is 0 Å². The van der Waals surface area contributed by atoms with E-state index in [9.17, 15) is 24.6 Å². The number of anilines is 1. The third-order valence-electron chi connectivity index (χ3n) is 7.58. The Morgan fingerprint density at radius 1 is 1.18 bits per heavy atom. The third kappa shape index (κ3) is 5.21. The van der Waals surface area contributed by atoms with Crippen molar-refractivity contribution >= 4 is 34.9 Å². The molecule has 0 aromatic carbocycles. The van der Waals surface area contributed by atoms with E-state index in [-0.39, 0.29) is 17.6 Å². The van der Waals surface area contributed by atoms with E-state index in [1.807, 2.05) is 0 Å². The average Bonchev–Trinajstić information content (AvgIpc) is 3.56. The zero-order chi connectivity index (χ0) is 27.8. The second-order valence-corrected chi connectivity index (χ2v) is 10.2. The number of carbonyl (C=O) groups is 3. The van der Waals surface area contributed by atoms with E-state index in [0.717, 1.165) is 0 Å². The van der Waals surface area contributed by atoms with E-state index < -0.39 is 42.6 Å². The number of rotatable bonds is 6.